The third-order valence-corrected chi connectivity index (χ3v) is 1.56. The molecule has 0 amide bonds. The zero-order valence-corrected chi connectivity index (χ0v) is 7.62. The molecular weight excluding hydrogens is 160 g/mol. The molecular formula is C8H14O4. The van der Waals surface area contributed by atoms with Gasteiger partial charge in [0.2, 0.25) is 0 Å². The van der Waals surface area contributed by atoms with Crippen LogP contribution in [0.2, 0.25) is 0 Å². The highest BCUT2D eigenvalue weighted by molar-refractivity contribution is 5.75. The highest BCUT2D eigenvalue weighted by Gasteiger charge is 2.37. The molecule has 1 atom stereocenters. The lowest BCUT2D eigenvalue weighted by Crippen LogP contribution is -2.28. The summed E-state index contributed by atoms with van der Waals surface area (Å²) in [5, 5.41) is 0. The molecule has 0 radical (unpaired) electrons. The predicted molar refractivity (Wildman–Crippen MR) is 41.5 cm³/mol. The first-order valence-electron chi connectivity index (χ1n) is 4.03. The van der Waals surface area contributed by atoms with Crippen LogP contribution in [0.3, 0.4) is 0 Å². The van der Waals surface area contributed by atoms with E-state index in [9.17, 15) is 4.79 Å². The van der Waals surface area contributed by atoms with E-state index in [1.165, 1.54) is 0 Å². The first kappa shape index (κ1) is 9.48. The fraction of sp³-hybridized carbons (Fsp3) is 0.875. The van der Waals surface area contributed by atoms with Gasteiger partial charge in [0.25, 0.3) is 0 Å². The number of carbonyl (C=O) groups is 1. The van der Waals surface area contributed by atoms with Crippen molar-refractivity contribution in [3.05, 3.63) is 0 Å². The van der Waals surface area contributed by atoms with Crippen molar-refractivity contribution >= 4 is 5.97 Å². The first-order chi connectivity index (χ1) is 5.55. The summed E-state index contributed by atoms with van der Waals surface area (Å²) in [6.45, 7) is 5.96. The monoisotopic (exact) mass is 174 g/mol. The van der Waals surface area contributed by atoms with Crippen molar-refractivity contribution in [2.24, 2.45) is 0 Å². The Bertz CT molecular complexity index is 176. The van der Waals surface area contributed by atoms with Crippen LogP contribution in [0, 0.1) is 0 Å². The highest BCUT2D eigenvalue weighted by atomic mass is 16.8. The SMILES string of the molecule is CCOC(=O)C1COC(C)(C)O1. The second-order valence-electron chi connectivity index (χ2n) is 3.07. The van der Waals surface area contributed by atoms with Crippen molar-refractivity contribution in [2.75, 3.05) is 13.2 Å². The van der Waals surface area contributed by atoms with Crippen molar-refractivity contribution in [1.29, 1.82) is 0 Å². The summed E-state index contributed by atoms with van der Waals surface area (Å²) in [6.07, 6.45) is -0.556. The topological polar surface area (TPSA) is 44.8 Å². The smallest absolute Gasteiger partial charge is 0.337 e. The van der Waals surface area contributed by atoms with Crippen molar-refractivity contribution in [1.82, 2.24) is 0 Å². The van der Waals surface area contributed by atoms with Crippen LogP contribution in [0.1, 0.15) is 20.8 Å². The number of carbonyl (C=O) groups excluding carboxylic acids is 1. The minimum absolute atomic E-state index is 0.284. The summed E-state index contributed by atoms with van der Waals surface area (Å²) >= 11 is 0. The zero-order chi connectivity index (χ0) is 9.19. The van der Waals surface area contributed by atoms with Crippen molar-refractivity contribution in [2.45, 2.75) is 32.7 Å². The molecule has 0 N–H and O–H groups in total. The van der Waals surface area contributed by atoms with Gasteiger partial charge >= 0.3 is 5.97 Å². The van der Waals surface area contributed by atoms with Gasteiger partial charge in [0, 0.05) is 0 Å². The number of esters is 1. The van der Waals surface area contributed by atoms with Gasteiger partial charge in [-0.15, -0.1) is 0 Å². The third-order valence-electron chi connectivity index (χ3n) is 1.56. The Kier molecular flexibility index (Phi) is 2.69. The van der Waals surface area contributed by atoms with Gasteiger partial charge in [-0.1, -0.05) is 0 Å². The number of ether oxygens (including phenoxy) is 3. The summed E-state index contributed by atoms with van der Waals surface area (Å²) in [5.74, 6) is -1.000. The molecule has 1 rings (SSSR count). The zero-order valence-electron chi connectivity index (χ0n) is 7.62. The standard InChI is InChI=1S/C8H14O4/c1-4-10-7(9)6-5-11-8(2,3)12-6/h6H,4-5H2,1-3H3. The van der Waals surface area contributed by atoms with Crippen molar-refractivity contribution in [3.63, 3.8) is 0 Å². The Morgan fingerprint density at radius 2 is 2.33 bits per heavy atom. The van der Waals surface area contributed by atoms with E-state index < -0.39 is 11.9 Å². The molecule has 1 aliphatic heterocycles. The number of rotatable bonds is 2. The molecule has 1 heterocycles. The fourth-order valence-corrected chi connectivity index (χ4v) is 1.04. The second-order valence-corrected chi connectivity index (χ2v) is 3.07. The summed E-state index contributed by atoms with van der Waals surface area (Å²) < 4.78 is 15.2. The van der Waals surface area contributed by atoms with Crippen LogP contribution < -0.4 is 0 Å². The maximum Gasteiger partial charge on any atom is 0.337 e. The lowest BCUT2D eigenvalue weighted by atomic mass is 10.4. The molecule has 0 aromatic rings. The van der Waals surface area contributed by atoms with Gasteiger partial charge in [0.05, 0.1) is 13.2 Å². The van der Waals surface area contributed by atoms with Crippen molar-refractivity contribution in [3.8, 4) is 0 Å². The molecule has 4 heteroatoms. The Hall–Kier alpha value is -0.610. The molecule has 1 unspecified atom stereocenters. The highest BCUT2D eigenvalue weighted by Crippen LogP contribution is 2.22. The molecule has 0 aliphatic carbocycles. The van der Waals surface area contributed by atoms with E-state index in [0.29, 0.717) is 6.61 Å². The second kappa shape index (κ2) is 3.41. The van der Waals surface area contributed by atoms with E-state index in [1.807, 2.05) is 0 Å². The minimum Gasteiger partial charge on any atom is -0.464 e. The molecule has 70 valence electrons. The van der Waals surface area contributed by atoms with Crippen LogP contribution in [0.15, 0.2) is 0 Å². The summed E-state index contributed by atoms with van der Waals surface area (Å²) in [7, 11) is 0. The maximum atomic E-state index is 11.1. The van der Waals surface area contributed by atoms with E-state index in [4.69, 9.17) is 14.2 Å². The molecule has 0 spiro atoms. The third kappa shape index (κ3) is 2.19. The van der Waals surface area contributed by atoms with Gasteiger partial charge in [-0.3, -0.25) is 0 Å². The molecule has 0 aromatic heterocycles. The van der Waals surface area contributed by atoms with Crippen molar-refractivity contribution < 1.29 is 19.0 Å². The molecule has 0 saturated carbocycles. The first-order valence-corrected chi connectivity index (χ1v) is 4.03. The molecule has 1 saturated heterocycles. The van der Waals surface area contributed by atoms with Gasteiger partial charge in [-0.05, 0) is 20.8 Å². The van der Waals surface area contributed by atoms with Gasteiger partial charge in [-0.2, -0.15) is 0 Å². The predicted octanol–water partition coefficient (Wildman–Crippen LogP) is 0.701. The lowest BCUT2D eigenvalue weighted by molar-refractivity contribution is -0.169. The van der Waals surface area contributed by atoms with E-state index in [0.717, 1.165) is 0 Å². The molecule has 0 bridgehead atoms. The summed E-state index contributed by atoms with van der Waals surface area (Å²) in [6, 6.07) is 0. The number of hydrogen-bond acceptors (Lipinski definition) is 4. The molecule has 1 aliphatic rings. The van der Waals surface area contributed by atoms with Gasteiger partial charge in [-0.25, -0.2) is 4.79 Å². The normalized spacial score (nSPS) is 27.1. The largest absolute Gasteiger partial charge is 0.464 e. The van der Waals surface area contributed by atoms with Crippen LogP contribution in [0.5, 0.6) is 0 Å². The van der Waals surface area contributed by atoms with E-state index >= 15 is 0 Å². The molecule has 4 nitrogen and oxygen atoms in total. The lowest BCUT2D eigenvalue weighted by Gasteiger charge is -2.16. The van der Waals surface area contributed by atoms with Gasteiger partial charge in [0.15, 0.2) is 11.9 Å². The van der Waals surface area contributed by atoms with E-state index in [1.54, 1.807) is 20.8 Å². The van der Waals surface area contributed by atoms with Gasteiger partial charge < -0.3 is 14.2 Å². The van der Waals surface area contributed by atoms with Gasteiger partial charge in [0.1, 0.15) is 0 Å². The Morgan fingerprint density at radius 1 is 1.67 bits per heavy atom. The Labute approximate surface area is 71.8 Å². The molecule has 0 aromatic carbocycles. The van der Waals surface area contributed by atoms with E-state index in [2.05, 4.69) is 0 Å². The Morgan fingerprint density at radius 3 is 2.75 bits per heavy atom. The maximum absolute atomic E-state index is 11.1. The molecule has 12 heavy (non-hydrogen) atoms. The van der Waals surface area contributed by atoms with Crippen LogP contribution in [0.4, 0.5) is 0 Å². The van der Waals surface area contributed by atoms with Crippen LogP contribution in [-0.4, -0.2) is 31.1 Å². The van der Waals surface area contributed by atoms with Crippen LogP contribution >= 0.6 is 0 Å². The molecule has 1 fully saturated rings. The van der Waals surface area contributed by atoms with Crippen LogP contribution in [-0.2, 0) is 19.0 Å². The Balaban J connectivity index is 2.41. The number of hydrogen-bond donors (Lipinski definition) is 0. The van der Waals surface area contributed by atoms with E-state index in [-0.39, 0.29) is 12.6 Å². The fourth-order valence-electron chi connectivity index (χ4n) is 1.04. The summed E-state index contributed by atoms with van der Waals surface area (Å²) in [4.78, 5) is 11.1. The average Bonchev–Trinajstić information content (AvgIpc) is 2.31. The quantitative estimate of drug-likeness (QED) is 0.578. The minimum atomic E-state index is -0.655. The van der Waals surface area contributed by atoms with Crippen LogP contribution in [0.25, 0.3) is 0 Å². The summed E-state index contributed by atoms with van der Waals surface area (Å²) in [5.41, 5.74) is 0. The average molecular weight is 174 g/mol.